The molecular weight excluding hydrogens is 414 g/mol. The largest absolute Gasteiger partial charge is 0.507 e. The molecule has 1 aromatic rings. The van der Waals surface area contributed by atoms with E-state index in [1.807, 2.05) is 13.0 Å². The summed E-state index contributed by atoms with van der Waals surface area (Å²) < 4.78 is 11.3. The summed E-state index contributed by atoms with van der Waals surface area (Å²) in [6, 6.07) is 4.03. The first-order valence-electron chi connectivity index (χ1n) is 12.4. The minimum atomic E-state index is -0.0687. The molecule has 2 atom stereocenters. The van der Waals surface area contributed by atoms with Crippen LogP contribution in [0.5, 0.6) is 11.5 Å². The van der Waals surface area contributed by atoms with Crippen LogP contribution in [0.25, 0.3) is 0 Å². The molecule has 0 bridgehead atoms. The predicted molar refractivity (Wildman–Crippen MR) is 134 cm³/mol. The Balaban J connectivity index is 1.77. The third-order valence-electron chi connectivity index (χ3n) is 7.55. The summed E-state index contributed by atoms with van der Waals surface area (Å²) in [6.07, 6.45) is 7.25. The van der Waals surface area contributed by atoms with Gasteiger partial charge in [0.15, 0.2) is 0 Å². The van der Waals surface area contributed by atoms with Crippen LogP contribution in [-0.4, -0.2) is 61.7 Å². The van der Waals surface area contributed by atoms with E-state index in [1.165, 1.54) is 6.42 Å². The van der Waals surface area contributed by atoms with Gasteiger partial charge in [0.2, 0.25) is 0 Å². The summed E-state index contributed by atoms with van der Waals surface area (Å²) in [5.41, 5.74) is 3.95. The molecule has 5 heteroatoms. The Morgan fingerprint density at radius 3 is 2.61 bits per heavy atom. The second-order valence-electron chi connectivity index (χ2n) is 10.4. The SMILES string of the molecule is C=C(C)C1CCC(CO)=CC1c1c(O)cc(C(C)(C)CCCCN2CCOCC2)cc1OC. The van der Waals surface area contributed by atoms with Gasteiger partial charge in [0, 0.05) is 24.6 Å². The van der Waals surface area contributed by atoms with Gasteiger partial charge in [-0.05, 0) is 73.8 Å². The first kappa shape index (κ1) is 25.8. The average molecular weight is 458 g/mol. The summed E-state index contributed by atoms with van der Waals surface area (Å²) in [4.78, 5) is 2.48. The Hall–Kier alpha value is -1.82. The van der Waals surface area contributed by atoms with E-state index >= 15 is 0 Å². The molecule has 0 radical (unpaired) electrons. The molecule has 1 aliphatic carbocycles. The third-order valence-corrected chi connectivity index (χ3v) is 7.55. The standard InChI is InChI=1S/C28H43NO4/c1-20(2)23-9-8-21(19-30)16-24(23)27-25(31)17-22(18-26(27)32-5)28(3,4)10-6-7-11-29-12-14-33-15-13-29/h16-18,23-24,30-31H,1,6-15,19H2,2-5H3. The number of aromatic hydroxyl groups is 1. The number of ether oxygens (including phenoxy) is 2. The molecule has 5 nitrogen and oxygen atoms in total. The summed E-state index contributed by atoms with van der Waals surface area (Å²) in [5, 5.41) is 20.9. The lowest BCUT2D eigenvalue weighted by atomic mass is 9.72. The van der Waals surface area contributed by atoms with Crippen LogP contribution in [0.4, 0.5) is 0 Å². The number of allylic oxidation sites excluding steroid dienone is 2. The zero-order valence-electron chi connectivity index (χ0n) is 21.0. The van der Waals surface area contributed by atoms with Crippen molar-refractivity contribution in [1.29, 1.82) is 0 Å². The minimum absolute atomic E-state index is 0.0426. The number of rotatable bonds is 10. The highest BCUT2D eigenvalue weighted by atomic mass is 16.5. The Labute approximate surface area is 200 Å². The highest BCUT2D eigenvalue weighted by molar-refractivity contribution is 5.53. The van der Waals surface area contributed by atoms with Crippen LogP contribution in [0.1, 0.15) is 69.9 Å². The molecule has 0 spiro atoms. The molecule has 2 N–H and O–H groups in total. The summed E-state index contributed by atoms with van der Waals surface area (Å²) in [5.74, 6) is 1.17. The van der Waals surface area contributed by atoms with Crippen molar-refractivity contribution >= 4 is 0 Å². The second kappa shape index (κ2) is 11.5. The lowest BCUT2D eigenvalue weighted by Crippen LogP contribution is -2.36. The van der Waals surface area contributed by atoms with Crippen molar-refractivity contribution in [2.45, 2.75) is 64.2 Å². The Kier molecular flexibility index (Phi) is 9.02. The maximum Gasteiger partial charge on any atom is 0.126 e. The van der Waals surface area contributed by atoms with Gasteiger partial charge in [0.25, 0.3) is 0 Å². The van der Waals surface area contributed by atoms with Crippen molar-refractivity contribution in [2.24, 2.45) is 5.92 Å². The lowest BCUT2D eigenvalue weighted by molar-refractivity contribution is 0.0370. The van der Waals surface area contributed by atoms with Gasteiger partial charge in [0.1, 0.15) is 11.5 Å². The van der Waals surface area contributed by atoms with Gasteiger partial charge in [-0.3, -0.25) is 4.90 Å². The molecule has 2 unspecified atom stereocenters. The van der Waals surface area contributed by atoms with Crippen molar-refractivity contribution in [3.8, 4) is 11.5 Å². The van der Waals surface area contributed by atoms with Crippen LogP contribution in [0, 0.1) is 5.92 Å². The van der Waals surface area contributed by atoms with Gasteiger partial charge in [-0.25, -0.2) is 0 Å². The van der Waals surface area contributed by atoms with Gasteiger partial charge in [0.05, 0.1) is 26.9 Å². The maximum absolute atomic E-state index is 11.2. The Morgan fingerprint density at radius 2 is 1.97 bits per heavy atom. The molecule has 0 aromatic heterocycles. The van der Waals surface area contributed by atoms with Crippen LogP contribution in [0.3, 0.4) is 0 Å². The molecule has 33 heavy (non-hydrogen) atoms. The zero-order chi connectivity index (χ0) is 24.0. The number of hydrogen-bond acceptors (Lipinski definition) is 5. The van der Waals surface area contributed by atoms with Crippen molar-refractivity contribution in [2.75, 3.05) is 46.6 Å². The number of nitrogens with zero attached hydrogens (tertiary/aromatic N) is 1. The number of methoxy groups -OCH3 is 1. The van der Waals surface area contributed by atoms with Crippen molar-refractivity contribution in [3.63, 3.8) is 0 Å². The van der Waals surface area contributed by atoms with E-state index in [-0.39, 0.29) is 29.6 Å². The molecule has 1 aromatic carbocycles. The fourth-order valence-electron chi connectivity index (χ4n) is 5.32. The molecular formula is C28H43NO4. The van der Waals surface area contributed by atoms with E-state index in [0.717, 1.165) is 86.6 Å². The normalized spacial score (nSPS) is 22.2. The lowest BCUT2D eigenvalue weighted by Gasteiger charge is -2.33. The molecule has 3 rings (SSSR count). The van der Waals surface area contributed by atoms with Gasteiger partial charge < -0.3 is 19.7 Å². The number of aliphatic hydroxyl groups is 1. The molecule has 2 aliphatic rings. The first-order chi connectivity index (χ1) is 15.8. The molecule has 1 heterocycles. The number of unbranched alkanes of at least 4 members (excludes halogenated alkanes) is 1. The fourth-order valence-corrected chi connectivity index (χ4v) is 5.32. The monoisotopic (exact) mass is 457 g/mol. The quantitative estimate of drug-likeness (QED) is 0.375. The van der Waals surface area contributed by atoms with Gasteiger partial charge in [-0.15, -0.1) is 0 Å². The fraction of sp³-hybridized carbons (Fsp3) is 0.643. The van der Waals surface area contributed by atoms with Crippen LogP contribution in [-0.2, 0) is 10.2 Å². The number of aliphatic hydroxyl groups excluding tert-OH is 1. The van der Waals surface area contributed by atoms with Crippen LogP contribution >= 0.6 is 0 Å². The Morgan fingerprint density at radius 1 is 1.24 bits per heavy atom. The first-order valence-corrected chi connectivity index (χ1v) is 12.4. The van der Waals surface area contributed by atoms with Gasteiger partial charge in [-0.1, -0.05) is 38.5 Å². The number of phenols is 1. The zero-order valence-corrected chi connectivity index (χ0v) is 21.0. The summed E-state index contributed by atoms with van der Waals surface area (Å²) in [7, 11) is 1.67. The van der Waals surface area contributed by atoms with E-state index in [1.54, 1.807) is 7.11 Å². The maximum atomic E-state index is 11.2. The molecule has 0 saturated carbocycles. The number of benzene rings is 1. The average Bonchev–Trinajstić information content (AvgIpc) is 2.81. The van der Waals surface area contributed by atoms with E-state index in [4.69, 9.17) is 9.47 Å². The van der Waals surface area contributed by atoms with E-state index in [2.05, 4.69) is 37.5 Å². The van der Waals surface area contributed by atoms with Crippen molar-refractivity contribution in [1.82, 2.24) is 4.90 Å². The van der Waals surface area contributed by atoms with E-state index in [9.17, 15) is 10.2 Å². The molecule has 184 valence electrons. The predicted octanol–water partition coefficient (Wildman–Crippen LogP) is 5.17. The molecule has 0 amide bonds. The Bertz CT molecular complexity index is 839. The molecule has 1 fully saturated rings. The number of phenolic OH excluding ortho intramolecular Hbond substituents is 1. The van der Waals surface area contributed by atoms with Gasteiger partial charge >= 0.3 is 0 Å². The van der Waals surface area contributed by atoms with Crippen LogP contribution in [0.15, 0.2) is 35.9 Å². The molecule has 1 saturated heterocycles. The highest BCUT2D eigenvalue weighted by Crippen LogP contribution is 2.48. The van der Waals surface area contributed by atoms with E-state index < -0.39 is 0 Å². The topological polar surface area (TPSA) is 62.2 Å². The van der Waals surface area contributed by atoms with Crippen molar-refractivity contribution < 1.29 is 19.7 Å². The van der Waals surface area contributed by atoms with Crippen LogP contribution < -0.4 is 4.74 Å². The third kappa shape index (κ3) is 6.40. The van der Waals surface area contributed by atoms with Crippen LogP contribution in [0.2, 0.25) is 0 Å². The minimum Gasteiger partial charge on any atom is -0.507 e. The smallest absolute Gasteiger partial charge is 0.126 e. The summed E-state index contributed by atoms with van der Waals surface area (Å²) in [6.45, 7) is 15.7. The summed E-state index contributed by atoms with van der Waals surface area (Å²) >= 11 is 0. The number of morpholine rings is 1. The van der Waals surface area contributed by atoms with E-state index in [0.29, 0.717) is 0 Å². The number of hydrogen-bond donors (Lipinski definition) is 2. The molecule has 1 aliphatic heterocycles. The van der Waals surface area contributed by atoms with Gasteiger partial charge in [-0.2, -0.15) is 0 Å². The highest BCUT2D eigenvalue weighted by Gasteiger charge is 2.32. The van der Waals surface area contributed by atoms with Crippen molar-refractivity contribution in [3.05, 3.63) is 47.1 Å². The second-order valence-corrected chi connectivity index (χ2v) is 10.4.